The average molecular weight is 422 g/mol. The molecule has 1 unspecified atom stereocenters. The van der Waals surface area contributed by atoms with E-state index in [-0.39, 0.29) is 12.0 Å². The smallest absolute Gasteiger partial charge is 0.277 e. The Morgan fingerprint density at radius 3 is 2.83 bits per heavy atom. The Labute approximate surface area is 178 Å². The van der Waals surface area contributed by atoms with Crippen LogP contribution in [0.5, 0.6) is 0 Å². The summed E-state index contributed by atoms with van der Waals surface area (Å²) in [5.74, 6) is 0.222. The highest BCUT2D eigenvalue weighted by molar-refractivity contribution is 7.09. The van der Waals surface area contributed by atoms with Gasteiger partial charge in [0.2, 0.25) is 5.95 Å². The van der Waals surface area contributed by atoms with Crippen molar-refractivity contribution in [2.24, 2.45) is 0 Å². The monoisotopic (exact) mass is 421 g/mol. The third-order valence-corrected chi connectivity index (χ3v) is 5.72. The number of imidazole rings is 1. The van der Waals surface area contributed by atoms with Gasteiger partial charge >= 0.3 is 0 Å². The first-order chi connectivity index (χ1) is 14.7. The SMILES string of the molecule is CCOC(C)c1nc(C(=O)Nc2nc3ccccc3n2CCc2ccccn2)cs1. The Morgan fingerprint density at radius 2 is 2.03 bits per heavy atom. The van der Waals surface area contributed by atoms with Crippen molar-refractivity contribution >= 4 is 34.2 Å². The highest BCUT2D eigenvalue weighted by atomic mass is 32.1. The van der Waals surface area contributed by atoms with Crippen LogP contribution in [0.4, 0.5) is 5.95 Å². The van der Waals surface area contributed by atoms with Gasteiger partial charge in [-0.15, -0.1) is 11.3 Å². The summed E-state index contributed by atoms with van der Waals surface area (Å²) in [4.78, 5) is 26.3. The van der Waals surface area contributed by atoms with Gasteiger partial charge in [0, 0.05) is 36.8 Å². The van der Waals surface area contributed by atoms with Gasteiger partial charge in [0.15, 0.2) is 0 Å². The van der Waals surface area contributed by atoms with E-state index in [1.54, 1.807) is 11.6 Å². The van der Waals surface area contributed by atoms with E-state index in [1.165, 1.54) is 11.3 Å². The molecule has 3 heterocycles. The van der Waals surface area contributed by atoms with Gasteiger partial charge in [-0.25, -0.2) is 9.97 Å². The van der Waals surface area contributed by atoms with Crippen LogP contribution in [0.3, 0.4) is 0 Å². The molecule has 0 saturated carbocycles. The number of hydrogen-bond donors (Lipinski definition) is 1. The molecule has 0 aliphatic rings. The lowest BCUT2D eigenvalue weighted by atomic mass is 10.2. The van der Waals surface area contributed by atoms with Gasteiger partial charge in [-0.1, -0.05) is 18.2 Å². The third-order valence-electron chi connectivity index (χ3n) is 4.72. The molecule has 4 rings (SSSR count). The molecule has 0 spiro atoms. The number of rotatable bonds is 8. The lowest BCUT2D eigenvalue weighted by Gasteiger charge is -2.10. The molecule has 4 aromatic rings. The number of thiazole rings is 1. The minimum absolute atomic E-state index is 0.135. The lowest BCUT2D eigenvalue weighted by molar-refractivity contribution is 0.0760. The largest absolute Gasteiger partial charge is 0.372 e. The van der Waals surface area contributed by atoms with E-state index in [1.807, 2.05) is 60.9 Å². The molecule has 0 aliphatic carbocycles. The van der Waals surface area contributed by atoms with Crippen molar-refractivity contribution in [3.8, 4) is 0 Å². The summed E-state index contributed by atoms with van der Waals surface area (Å²) >= 11 is 1.42. The summed E-state index contributed by atoms with van der Waals surface area (Å²) in [6, 6.07) is 13.7. The van der Waals surface area contributed by atoms with E-state index in [4.69, 9.17) is 4.74 Å². The zero-order valence-electron chi connectivity index (χ0n) is 16.9. The van der Waals surface area contributed by atoms with Gasteiger partial charge in [-0.3, -0.25) is 15.1 Å². The number of carbonyl (C=O) groups excluding carboxylic acids is 1. The second-order valence-corrected chi connectivity index (χ2v) is 7.66. The molecule has 1 atom stereocenters. The fourth-order valence-electron chi connectivity index (χ4n) is 3.24. The van der Waals surface area contributed by atoms with Crippen LogP contribution < -0.4 is 5.32 Å². The summed E-state index contributed by atoms with van der Waals surface area (Å²) in [5, 5.41) is 5.47. The molecule has 0 aliphatic heterocycles. The second-order valence-electron chi connectivity index (χ2n) is 6.77. The Hall–Kier alpha value is -3.10. The number of aromatic nitrogens is 4. The molecule has 8 heteroatoms. The quantitative estimate of drug-likeness (QED) is 0.454. The Balaban J connectivity index is 1.56. The summed E-state index contributed by atoms with van der Waals surface area (Å²) in [6.45, 7) is 5.12. The van der Waals surface area contributed by atoms with Crippen LogP contribution >= 0.6 is 11.3 Å². The van der Waals surface area contributed by atoms with Gasteiger partial charge in [-0.05, 0) is 38.1 Å². The van der Waals surface area contributed by atoms with Crippen molar-refractivity contribution in [2.75, 3.05) is 11.9 Å². The zero-order chi connectivity index (χ0) is 20.9. The van der Waals surface area contributed by atoms with E-state index in [0.29, 0.717) is 24.8 Å². The fraction of sp³-hybridized carbons (Fsp3) is 0.273. The first-order valence-corrected chi connectivity index (χ1v) is 10.8. The Kier molecular flexibility index (Phi) is 6.15. The number of nitrogens with zero attached hydrogens (tertiary/aromatic N) is 4. The molecule has 7 nitrogen and oxygen atoms in total. The number of pyridine rings is 1. The van der Waals surface area contributed by atoms with Crippen molar-refractivity contribution in [1.29, 1.82) is 0 Å². The average Bonchev–Trinajstić information content (AvgIpc) is 3.38. The topological polar surface area (TPSA) is 81.9 Å². The molecule has 0 bridgehead atoms. The first kappa shape index (κ1) is 20.2. The summed E-state index contributed by atoms with van der Waals surface area (Å²) < 4.78 is 7.58. The third kappa shape index (κ3) is 4.39. The molecule has 154 valence electrons. The normalized spacial score (nSPS) is 12.2. The Morgan fingerprint density at radius 1 is 1.20 bits per heavy atom. The highest BCUT2D eigenvalue weighted by Gasteiger charge is 2.18. The van der Waals surface area contributed by atoms with Crippen molar-refractivity contribution < 1.29 is 9.53 Å². The maximum Gasteiger partial charge on any atom is 0.277 e. The maximum absolute atomic E-state index is 12.8. The van der Waals surface area contributed by atoms with E-state index >= 15 is 0 Å². The van der Waals surface area contributed by atoms with Crippen LogP contribution in [0.25, 0.3) is 11.0 Å². The minimum Gasteiger partial charge on any atom is -0.372 e. The van der Waals surface area contributed by atoms with Crippen LogP contribution in [0.15, 0.2) is 54.0 Å². The summed E-state index contributed by atoms with van der Waals surface area (Å²) in [7, 11) is 0. The van der Waals surface area contributed by atoms with Gasteiger partial charge in [-0.2, -0.15) is 0 Å². The van der Waals surface area contributed by atoms with E-state index in [0.717, 1.165) is 28.2 Å². The molecular weight excluding hydrogens is 398 g/mol. The molecule has 0 fully saturated rings. The molecular formula is C22H23N5O2S. The summed E-state index contributed by atoms with van der Waals surface area (Å²) in [5.41, 5.74) is 3.15. The number of hydrogen-bond acceptors (Lipinski definition) is 6. The number of para-hydroxylation sites is 2. The van der Waals surface area contributed by atoms with Crippen molar-refractivity contribution in [2.45, 2.75) is 32.9 Å². The minimum atomic E-state index is -0.282. The second kappa shape index (κ2) is 9.15. The van der Waals surface area contributed by atoms with Crippen molar-refractivity contribution in [3.63, 3.8) is 0 Å². The number of aryl methyl sites for hydroxylation is 2. The molecule has 30 heavy (non-hydrogen) atoms. The molecule has 1 amide bonds. The van der Waals surface area contributed by atoms with Crippen molar-refractivity contribution in [3.05, 3.63) is 70.4 Å². The number of ether oxygens (including phenoxy) is 1. The molecule has 3 aromatic heterocycles. The van der Waals surface area contributed by atoms with Gasteiger partial charge < -0.3 is 9.30 Å². The van der Waals surface area contributed by atoms with Crippen LogP contribution in [0, 0.1) is 0 Å². The highest BCUT2D eigenvalue weighted by Crippen LogP contribution is 2.23. The van der Waals surface area contributed by atoms with Gasteiger partial charge in [0.25, 0.3) is 5.91 Å². The van der Waals surface area contributed by atoms with Gasteiger partial charge in [0.05, 0.1) is 11.0 Å². The number of benzene rings is 1. The maximum atomic E-state index is 12.8. The number of anilines is 1. The summed E-state index contributed by atoms with van der Waals surface area (Å²) in [6.07, 6.45) is 2.38. The zero-order valence-corrected chi connectivity index (χ0v) is 17.7. The van der Waals surface area contributed by atoms with Crippen molar-refractivity contribution in [1.82, 2.24) is 19.5 Å². The standard InChI is InChI=1S/C22H23N5O2S/c1-3-29-15(2)21-24-18(14-30-21)20(28)26-22-25-17-9-4-5-10-19(17)27(22)13-11-16-8-6-7-12-23-16/h4-10,12,14-15H,3,11,13H2,1-2H3,(H,25,26,28). The molecule has 1 aromatic carbocycles. The van der Waals surface area contributed by atoms with Crippen LogP contribution in [0.1, 0.15) is 41.1 Å². The predicted molar refractivity (Wildman–Crippen MR) is 118 cm³/mol. The fourth-order valence-corrected chi connectivity index (χ4v) is 4.04. The predicted octanol–water partition coefficient (Wildman–Crippen LogP) is 4.48. The van der Waals surface area contributed by atoms with E-state index in [9.17, 15) is 4.79 Å². The lowest BCUT2D eigenvalue weighted by Crippen LogP contribution is -2.17. The molecule has 0 saturated heterocycles. The number of fused-ring (bicyclic) bond motifs is 1. The van der Waals surface area contributed by atoms with Crippen LogP contribution in [-0.4, -0.2) is 32.0 Å². The molecule has 1 N–H and O–H groups in total. The number of nitrogens with one attached hydrogen (secondary N) is 1. The number of carbonyl (C=O) groups is 1. The van der Waals surface area contributed by atoms with Gasteiger partial charge in [0.1, 0.15) is 16.8 Å². The first-order valence-electron chi connectivity index (χ1n) is 9.89. The van der Waals surface area contributed by atoms with Crippen LogP contribution in [0.2, 0.25) is 0 Å². The number of amides is 1. The molecule has 0 radical (unpaired) electrons. The van der Waals surface area contributed by atoms with E-state index < -0.39 is 0 Å². The van der Waals surface area contributed by atoms with E-state index in [2.05, 4.69) is 20.3 Å². The van der Waals surface area contributed by atoms with Crippen LogP contribution in [-0.2, 0) is 17.7 Å². The Bertz CT molecular complexity index is 1140.